The zero-order valence-corrected chi connectivity index (χ0v) is 8.67. The Kier molecular flexibility index (Phi) is 2.02. The molecule has 1 aliphatic carbocycles. The standard InChI is InChI=1S/C11H15N3/c1-6(2)8-4-9-7(3)13-11(12)14-10(9)5-8/h8H,1,4-5H2,2-3H3,(H2,12,13,14)/t8-/m1/s1. The summed E-state index contributed by atoms with van der Waals surface area (Å²) in [6.45, 7) is 8.06. The lowest BCUT2D eigenvalue weighted by Crippen LogP contribution is -2.02. The van der Waals surface area contributed by atoms with Crippen LogP contribution in [0.3, 0.4) is 0 Å². The zero-order chi connectivity index (χ0) is 10.3. The third kappa shape index (κ3) is 1.39. The van der Waals surface area contributed by atoms with Crippen LogP contribution < -0.4 is 5.73 Å². The number of hydrogen-bond acceptors (Lipinski definition) is 3. The first-order valence-corrected chi connectivity index (χ1v) is 4.85. The molecule has 3 heteroatoms. The van der Waals surface area contributed by atoms with Crippen molar-refractivity contribution in [3.8, 4) is 0 Å². The number of aromatic nitrogens is 2. The van der Waals surface area contributed by atoms with Crippen LogP contribution in [0.15, 0.2) is 12.2 Å². The van der Waals surface area contributed by atoms with Crippen LogP contribution >= 0.6 is 0 Å². The molecule has 0 unspecified atom stereocenters. The summed E-state index contributed by atoms with van der Waals surface area (Å²) in [6.07, 6.45) is 2.00. The smallest absolute Gasteiger partial charge is 0.220 e. The summed E-state index contributed by atoms with van der Waals surface area (Å²) in [5.41, 5.74) is 10.2. The monoisotopic (exact) mass is 189 g/mol. The Morgan fingerprint density at radius 1 is 1.43 bits per heavy atom. The maximum atomic E-state index is 5.61. The summed E-state index contributed by atoms with van der Waals surface area (Å²) < 4.78 is 0. The highest BCUT2D eigenvalue weighted by molar-refractivity contribution is 5.36. The molecule has 0 saturated heterocycles. The molecule has 1 aliphatic rings. The highest BCUT2D eigenvalue weighted by Gasteiger charge is 2.25. The van der Waals surface area contributed by atoms with Gasteiger partial charge in [-0.3, -0.25) is 0 Å². The largest absolute Gasteiger partial charge is 0.368 e. The van der Waals surface area contributed by atoms with Crippen LogP contribution in [0, 0.1) is 12.8 Å². The molecule has 0 amide bonds. The third-order valence-electron chi connectivity index (χ3n) is 2.90. The van der Waals surface area contributed by atoms with Crippen LogP contribution in [0.2, 0.25) is 0 Å². The van der Waals surface area contributed by atoms with E-state index < -0.39 is 0 Å². The molecular weight excluding hydrogens is 174 g/mol. The van der Waals surface area contributed by atoms with Crippen molar-refractivity contribution in [3.63, 3.8) is 0 Å². The summed E-state index contributed by atoms with van der Waals surface area (Å²) in [6, 6.07) is 0. The number of fused-ring (bicyclic) bond motifs is 1. The fourth-order valence-electron chi connectivity index (χ4n) is 2.01. The lowest BCUT2D eigenvalue weighted by Gasteiger charge is -2.05. The average Bonchev–Trinajstić information content (AvgIpc) is 2.47. The van der Waals surface area contributed by atoms with Crippen molar-refractivity contribution in [1.29, 1.82) is 0 Å². The molecule has 0 saturated carbocycles. The fraction of sp³-hybridized carbons (Fsp3) is 0.455. The number of allylic oxidation sites excluding steroid dienone is 1. The molecule has 0 aromatic carbocycles. The van der Waals surface area contributed by atoms with E-state index in [-0.39, 0.29) is 0 Å². The Morgan fingerprint density at radius 2 is 2.14 bits per heavy atom. The van der Waals surface area contributed by atoms with E-state index in [9.17, 15) is 0 Å². The lowest BCUT2D eigenvalue weighted by atomic mass is 9.99. The van der Waals surface area contributed by atoms with Gasteiger partial charge in [0.2, 0.25) is 5.95 Å². The molecule has 1 atom stereocenters. The third-order valence-corrected chi connectivity index (χ3v) is 2.90. The van der Waals surface area contributed by atoms with E-state index in [1.165, 1.54) is 11.1 Å². The summed E-state index contributed by atoms with van der Waals surface area (Å²) in [5.74, 6) is 0.920. The summed E-state index contributed by atoms with van der Waals surface area (Å²) >= 11 is 0. The molecule has 0 radical (unpaired) electrons. The topological polar surface area (TPSA) is 51.8 Å². The molecule has 1 heterocycles. The maximum absolute atomic E-state index is 5.61. The Hall–Kier alpha value is -1.38. The molecule has 3 nitrogen and oxygen atoms in total. The molecule has 14 heavy (non-hydrogen) atoms. The Bertz CT molecular complexity index is 396. The molecule has 1 aromatic heterocycles. The molecule has 1 aromatic rings. The van der Waals surface area contributed by atoms with E-state index in [0.717, 1.165) is 24.2 Å². The fourth-order valence-corrected chi connectivity index (χ4v) is 2.01. The van der Waals surface area contributed by atoms with Crippen LogP contribution in [-0.2, 0) is 12.8 Å². The number of nitrogens with zero attached hydrogens (tertiary/aromatic N) is 2. The van der Waals surface area contributed by atoms with Crippen molar-refractivity contribution < 1.29 is 0 Å². The lowest BCUT2D eigenvalue weighted by molar-refractivity contribution is 0.656. The second-order valence-electron chi connectivity index (χ2n) is 4.04. The van der Waals surface area contributed by atoms with E-state index in [0.29, 0.717) is 11.9 Å². The zero-order valence-electron chi connectivity index (χ0n) is 8.67. The summed E-state index contributed by atoms with van der Waals surface area (Å²) in [7, 11) is 0. The Balaban J connectivity index is 2.39. The van der Waals surface area contributed by atoms with Gasteiger partial charge in [-0.05, 0) is 38.2 Å². The van der Waals surface area contributed by atoms with Crippen LogP contribution in [-0.4, -0.2) is 9.97 Å². The second-order valence-corrected chi connectivity index (χ2v) is 4.04. The van der Waals surface area contributed by atoms with Gasteiger partial charge >= 0.3 is 0 Å². The summed E-state index contributed by atoms with van der Waals surface area (Å²) in [5, 5.41) is 0. The van der Waals surface area contributed by atoms with Crippen molar-refractivity contribution in [2.75, 3.05) is 5.73 Å². The number of hydrogen-bond donors (Lipinski definition) is 1. The molecule has 2 rings (SSSR count). The van der Waals surface area contributed by atoms with Gasteiger partial charge in [0.05, 0.1) is 5.69 Å². The van der Waals surface area contributed by atoms with Crippen molar-refractivity contribution in [2.45, 2.75) is 26.7 Å². The van der Waals surface area contributed by atoms with Crippen molar-refractivity contribution in [2.24, 2.45) is 5.92 Å². The number of rotatable bonds is 1. The minimum Gasteiger partial charge on any atom is -0.368 e. The van der Waals surface area contributed by atoms with Gasteiger partial charge in [0, 0.05) is 5.69 Å². The predicted octanol–water partition coefficient (Wildman–Crippen LogP) is 1.66. The van der Waals surface area contributed by atoms with E-state index in [1.54, 1.807) is 0 Å². The molecule has 0 fully saturated rings. The van der Waals surface area contributed by atoms with E-state index in [4.69, 9.17) is 5.73 Å². The number of anilines is 1. The van der Waals surface area contributed by atoms with Crippen molar-refractivity contribution >= 4 is 5.95 Å². The summed E-state index contributed by atoms with van der Waals surface area (Å²) in [4.78, 5) is 8.45. The minimum atomic E-state index is 0.392. The number of aryl methyl sites for hydroxylation is 1. The van der Waals surface area contributed by atoms with E-state index >= 15 is 0 Å². The van der Waals surface area contributed by atoms with Crippen LogP contribution in [0.1, 0.15) is 23.9 Å². The predicted molar refractivity (Wildman–Crippen MR) is 56.9 cm³/mol. The molecule has 0 spiro atoms. The van der Waals surface area contributed by atoms with Crippen LogP contribution in [0.4, 0.5) is 5.95 Å². The Morgan fingerprint density at radius 3 is 2.79 bits per heavy atom. The Labute approximate surface area is 84.1 Å². The molecule has 0 aliphatic heterocycles. The van der Waals surface area contributed by atoms with Gasteiger partial charge in [-0.1, -0.05) is 12.2 Å². The van der Waals surface area contributed by atoms with Gasteiger partial charge in [0.1, 0.15) is 0 Å². The first kappa shape index (κ1) is 9.19. The first-order valence-electron chi connectivity index (χ1n) is 4.85. The van der Waals surface area contributed by atoms with Gasteiger partial charge in [0.25, 0.3) is 0 Å². The van der Waals surface area contributed by atoms with Gasteiger partial charge in [-0.25, -0.2) is 9.97 Å². The van der Waals surface area contributed by atoms with Crippen molar-refractivity contribution in [3.05, 3.63) is 29.1 Å². The second kappa shape index (κ2) is 3.08. The molecular formula is C11H15N3. The number of nitrogen functional groups attached to an aromatic ring is 1. The molecule has 0 bridgehead atoms. The van der Waals surface area contributed by atoms with Gasteiger partial charge in [-0.15, -0.1) is 0 Å². The number of nitrogens with two attached hydrogens (primary N) is 1. The van der Waals surface area contributed by atoms with E-state index in [2.05, 4.69) is 23.5 Å². The van der Waals surface area contributed by atoms with Crippen LogP contribution in [0.25, 0.3) is 0 Å². The molecule has 2 N–H and O–H groups in total. The van der Waals surface area contributed by atoms with Gasteiger partial charge in [-0.2, -0.15) is 0 Å². The van der Waals surface area contributed by atoms with Gasteiger partial charge in [0.15, 0.2) is 0 Å². The van der Waals surface area contributed by atoms with Crippen LogP contribution in [0.5, 0.6) is 0 Å². The molecule has 74 valence electrons. The van der Waals surface area contributed by atoms with E-state index in [1.807, 2.05) is 6.92 Å². The first-order chi connectivity index (χ1) is 6.58. The maximum Gasteiger partial charge on any atom is 0.220 e. The highest BCUT2D eigenvalue weighted by Crippen LogP contribution is 2.31. The normalized spacial score (nSPS) is 19.4. The average molecular weight is 189 g/mol. The SMILES string of the molecule is C=C(C)[C@H]1Cc2nc(N)nc(C)c2C1. The minimum absolute atomic E-state index is 0.392. The van der Waals surface area contributed by atoms with Gasteiger partial charge < -0.3 is 5.73 Å². The highest BCUT2D eigenvalue weighted by atomic mass is 15.0. The quantitative estimate of drug-likeness (QED) is 0.683. The van der Waals surface area contributed by atoms with Crippen molar-refractivity contribution in [1.82, 2.24) is 9.97 Å².